The Balaban J connectivity index is 1.85. The van der Waals surface area contributed by atoms with Gasteiger partial charge in [0.05, 0.1) is 0 Å². The summed E-state index contributed by atoms with van der Waals surface area (Å²) in [5, 5.41) is 0. The van der Waals surface area contributed by atoms with Crippen molar-refractivity contribution in [2.75, 3.05) is 26.7 Å². The summed E-state index contributed by atoms with van der Waals surface area (Å²) < 4.78 is 0. The number of carbonyl (C=O) groups excluding carboxylic acids is 1. The van der Waals surface area contributed by atoms with E-state index in [9.17, 15) is 9.59 Å². The number of likely N-dealkylation sites (tertiary alicyclic amines) is 2. The van der Waals surface area contributed by atoms with Crippen molar-refractivity contribution in [2.45, 2.75) is 38.6 Å². The minimum Gasteiger partial charge on any atom is -0.334 e. The van der Waals surface area contributed by atoms with Crippen LogP contribution in [0.15, 0.2) is 16.9 Å². The van der Waals surface area contributed by atoms with Crippen LogP contribution in [0.4, 0.5) is 0 Å². The van der Waals surface area contributed by atoms with E-state index in [0.29, 0.717) is 17.5 Å². The molecular weight excluding hydrogens is 278 g/mol. The quantitative estimate of drug-likeness (QED) is 0.920. The van der Waals surface area contributed by atoms with E-state index in [2.05, 4.69) is 23.9 Å². The molecule has 0 spiro atoms. The molecule has 1 aromatic rings. The second kappa shape index (κ2) is 6.24. The van der Waals surface area contributed by atoms with E-state index in [1.807, 2.05) is 11.0 Å². The average molecular weight is 303 g/mol. The summed E-state index contributed by atoms with van der Waals surface area (Å²) in [7, 11) is 2.12. The zero-order chi connectivity index (χ0) is 15.7. The molecule has 0 aliphatic carbocycles. The van der Waals surface area contributed by atoms with E-state index in [4.69, 9.17) is 0 Å². The van der Waals surface area contributed by atoms with Crippen molar-refractivity contribution in [1.29, 1.82) is 0 Å². The first-order chi connectivity index (χ1) is 10.6. The monoisotopic (exact) mass is 303 g/mol. The topological polar surface area (TPSA) is 56.4 Å². The first-order valence-electron chi connectivity index (χ1n) is 8.31. The zero-order valence-electron chi connectivity index (χ0n) is 13.5. The summed E-state index contributed by atoms with van der Waals surface area (Å²) in [6.07, 6.45) is 4.01. The van der Waals surface area contributed by atoms with Crippen molar-refractivity contribution >= 4 is 5.91 Å². The standard InChI is InChI=1S/C17H25N3O2/c1-3-5-14-8-13(9-16(21)18-14)17(22)20-7-4-6-12-10-19(2)11-15(12)20/h8-9,12,15H,3-7,10-11H2,1-2H3,(H,18,21)/t12-,15+/m0/s1. The molecule has 0 aromatic carbocycles. The maximum atomic E-state index is 12.9. The summed E-state index contributed by atoms with van der Waals surface area (Å²) in [6.45, 7) is 4.90. The van der Waals surface area contributed by atoms with E-state index in [1.165, 1.54) is 12.5 Å². The van der Waals surface area contributed by atoms with Crippen LogP contribution in [0.5, 0.6) is 0 Å². The Kier molecular flexibility index (Phi) is 4.34. The van der Waals surface area contributed by atoms with Gasteiger partial charge in [-0.1, -0.05) is 13.3 Å². The van der Waals surface area contributed by atoms with Gasteiger partial charge in [0, 0.05) is 43.0 Å². The van der Waals surface area contributed by atoms with Crippen molar-refractivity contribution in [2.24, 2.45) is 5.92 Å². The van der Waals surface area contributed by atoms with Crippen LogP contribution in [0, 0.1) is 5.92 Å². The molecule has 120 valence electrons. The lowest BCUT2D eigenvalue weighted by Crippen LogP contribution is -2.48. The Bertz CT molecular complexity index is 610. The van der Waals surface area contributed by atoms with Crippen LogP contribution in [0.25, 0.3) is 0 Å². The van der Waals surface area contributed by atoms with Gasteiger partial charge in [0.25, 0.3) is 5.91 Å². The van der Waals surface area contributed by atoms with Crippen molar-refractivity contribution in [3.8, 4) is 0 Å². The smallest absolute Gasteiger partial charge is 0.254 e. The van der Waals surface area contributed by atoms with Crippen LogP contribution in [0.3, 0.4) is 0 Å². The number of hydrogen-bond donors (Lipinski definition) is 1. The number of aromatic nitrogens is 1. The Morgan fingerprint density at radius 1 is 1.36 bits per heavy atom. The molecule has 2 atom stereocenters. The van der Waals surface area contributed by atoms with E-state index >= 15 is 0 Å². The third-order valence-corrected chi connectivity index (χ3v) is 4.89. The zero-order valence-corrected chi connectivity index (χ0v) is 13.5. The van der Waals surface area contributed by atoms with E-state index in [0.717, 1.165) is 44.6 Å². The predicted octanol–water partition coefficient (Wildman–Crippen LogP) is 1.49. The third kappa shape index (κ3) is 2.95. The first-order valence-corrected chi connectivity index (χ1v) is 8.31. The first kappa shape index (κ1) is 15.3. The highest BCUT2D eigenvalue weighted by Gasteiger charge is 2.39. The number of carbonyl (C=O) groups is 1. The lowest BCUT2D eigenvalue weighted by atomic mass is 9.91. The molecule has 1 aromatic heterocycles. The van der Waals surface area contributed by atoms with Gasteiger partial charge >= 0.3 is 0 Å². The Hall–Kier alpha value is -1.62. The maximum Gasteiger partial charge on any atom is 0.254 e. The maximum absolute atomic E-state index is 12.9. The number of hydrogen-bond acceptors (Lipinski definition) is 3. The van der Waals surface area contributed by atoms with Gasteiger partial charge in [-0.15, -0.1) is 0 Å². The lowest BCUT2D eigenvalue weighted by molar-refractivity contribution is 0.0571. The predicted molar refractivity (Wildman–Crippen MR) is 86.1 cm³/mol. The van der Waals surface area contributed by atoms with Crippen molar-refractivity contribution in [3.05, 3.63) is 33.7 Å². The van der Waals surface area contributed by atoms with Gasteiger partial charge in [-0.25, -0.2) is 0 Å². The number of rotatable bonds is 3. The highest BCUT2D eigenvalue weighted by Crippen LogP contribution is 2.30. The third-order valence-electron chi connectivity index (χ3n) is 4.89. The fraction of sp³-hybridized carbons (Fsp3) is 0.647. The number of likely N-dealkylation sites (N-methyl/N-ethyl adjacent to an activating group) is 1. The summed E-state index contributed by atoms with van der Waals surface area (Å²) in [5.41, 5.74) is 1.23. The summed E-state index contributed by atoms with van der Waals surface area (Å²) >= 11 is 0. The SMILES string of the molecule is CCCc1cc(C(=O)N2CCC[C@H]3CN(C)C[C@H]32)cc(=O)[nH]1. The number of amides is 1. The molecule has 1 amide bonds. The van der Waals surface area contributed by atoms with E-state index < -0.39 is 0 Å². The molecule has 0 unspecified atom stereocenters. The largest absolute Gasteiger partial charge is 0.334 e. The van der Waals surface area contributed by atoms with Gasteiger partial charge in [-0.3, -0.25) is 9.59 Å². The Morgan fingerprint density at radius 3 is 2.95 bits per heavy atom. The minimum atomic E-state index is -0.175. The van der Waals surface area contributed by atoms with Gasteiger partial charge in [-0.05, 0) is 38.3 Å². The second-order valence-electron chi connectivity index (χ2n) is 6.70. The average Bonchev–Trinajstić information content (AvgIpc) is 2.86. The molecule has 22 heavy (non-hydrogen) atoms. The number of nitrogens with one attached hydrogen (secondary N) is 1. The van der Waals surface area contributed by atoms with E-state index in [1.54, 1.807) is 0 Å². The normalized spacial score (nSPS) is 25.3. The summed E-state index contributed by atoms with van der Waals surface area (Å²) in [6, 6.07) is 3.61. The fourth-order valence-electron chi connectivity index (χ4n) is 3.94. The summed E-state index contributed by atoms with van der Waals surface area (Å²) in [4.78, 5) is 31.9. The van der Waals surface area contributed by atoms with Gasteiger partial charge in [0.1, 0.15) is 0 Å². The molecule has 3 heterocycles. The number of aryl methyl sites for hydroxylation is 1. The van der Waals surface area contributed by atoms with Crippen LogP contribution in [0.1, 0.15) is 42.2 Å². The second-order valence-corrected chi connectivity index (χ2v) is 6.70. The Labute approximate surface area is 131 Å². The van der Waals surface area contributed by atoms with Crippen molar-refractivity contribution in [3.63, 3.8) is 0 Å². The number of aromatic amines is 1. The van der Waals surface area contributed by atoms with Crippen molar-refractivity contribution < 1.29 is 4.79 Å². The fourth-order valence-corrected chi connectivity index (χ4v) is 3.94. The highest BCUT2D eigenvalue weighted by atomic mass is 16.2. The number of nitrogens with zero attached hydrogens (tertiary/aromatic N) is 2. The van der Waals surface area contributed by atoms with Crippen LogP contribution in [-0.2, 0) is 6.42 Å². The van der Waals surface area contributed by atoms with Crippen LogP contribution < -0.4 is 5.56 Å². The van der Waals surface area contributed by atoms with Gasteiger partial charge in [0.15, 0.2) is 0 Å². The van der Waals surface area contributed by atoms with Gasteiger partial charge in [-0.2, -0.15) is 0 Å². The van der Waals surface area contributed by atoms with Crippen LogP contribution >= 0.6 is 0 Å². The van der Waals surface area contributed by atoms with Gasteiger partial charge < -0.3 is 14.8 Å². The molecule has 5 heteroatoms. The van der Waals surface area contributed by atoms with E-state index in [-0.39, 0.29) is 11.5 Å². The number of piperidine rings is 1. The molecule has 0 bridgehead atoms. The molecular formula is C17H25N3O2. The number of fused-ring (bicyclic) bond motifs is 1. The highest BCUT2D eigenvalue weighted by molar-refractivity contribution is 5.94. The molecule has 2 fully saturated rings. The molecule has 0 radical (unpaired) electrons. The molecule has 5 nitrogen and oxygen atoms in total. The van der Waals surface area contributed by atoms with Crippen LogP contribution in [0.2, 0.25) is 0 Å². The number of H-pyrrole nitrogens is 1. The molecule has 3 rings (SSSR count). The molecule has 1 N–H and O–H groups in total. The van der Waals surface area contributed by atoms with Crippen LogP contribution in [-0.4, -0.2) is 53.4 Å². The molecule has 0 saturated carbocycles. The minimum absolute atomic E-state index is 0.0217. The number of pyridine rings is 1. The molecule has 2 aliphatic rings. The lowest BCUT2D eigenvalue weighted by Gasteiger charge is -2.37. The van der Waals surface area contributed by atoms with Crippen molar-refractivity contribution in [1.82, 2.24) is 14.8 Å². The molecule has 2 aliphatic heterocycles. The van der Waals surface area contributed by atoms with Gasteiger partial charge in [0.2, 0.25) is 5.56 Å². The molecule has 2 saturated heterocycles. The summed E-state index contributed by atoms with van der Waals surface area (Å²) in [5.74, 6) is 0.605. The Morgan fingerprint density at radius 2 is 2.18 bits per heavy atom.